The van der Waals surface area contributed by atoms with Gasteiger partial charge in [-0.2, -0.15) is 0 Å². The molecule has 13 rings (SSSR count). The molecule has 2 aliphatic heterocycles. The third-order valence-electron chi connectivity index (χ3n) is 16.7. The Balaban J connectivity index is 1.20. The second kappa shape index (κ2) is 14.2. The van der Waals surface area contributed by atoms with E-state index < -0.39 is 0 Å². The lowest BCUT2D eigenvalue weighted by molar-refractivity contribution is 0.590. The predicted octanol–water partition coefficient (Wildman–Crippen LogP) is 16.4. The molecule has 3 heteroatoms. The Morgan fingerprint density at radius 3 is 1.80 bits per heavy atom. The largest absolute Gasteiger partial charge is 0.376 e. The number of fused-ring (bicyclic) bond motifs is 12. The average molecular weight is 891 g/mol. The summed E-state index contributed by atoms with van der Waals surface area (Å²) in [6.07, 6.45) is 0. The molecule has 4 aliphatic rings. The van der Waals surface area contributed by atoms with Gasteiger partial charge >= 0.3 is 6.85 Å². The van der Waals surface area contributed by atoms with E-state index in [0.717, 1.165) is 0 Å². The van der Waals surface area contributed by atoms with E-state index in [1.807, 2.05) is 0 Å². The topological polar surface area (TPSA) is 6.48 Å². The molecule has 0 unspecified atom stereocenters. The van der Waals surface area contributed by atoms with Gasteiger partial charge in [-0.15, -0.1) is 0 Å². The smallest absolute Gasteiger partial charge is 0.333 e. The van der Waals surface area contributed by atoms with Crippen molar-refractivity contribution in [3.63, 3.8) is 0 Å². The first kappa shape index (κ1) is 42.0. The van der Waals surface area contributed by atoms with Crippen LogP contribution in [-0.4, -0.2) is 6.85 Å². The van der Waals surface area contributed by atoms with Crippen LogP contribution < -0.4 is 20.6 Å². The summed E-state index contributed by atoms with van der Waals surface area (Å²) in [6, 6.07) is 61.7. The molecule has 2 nitrogen and oxygen atoms in total. The molecule has 0 atom stereocenters. The molecule has 9 aromatic rings. The lowest BCUT2D eigenvalue weighted by Gasteiger charge is -2.47. The Morgan fingerprint density at radius 1 is 0.464 bits per heavy atom. The highest BCUT2D eigenvalue weighted by Crippen LogP contribution is 2.56. The minimum atomic E-state index is -0.184. The monoisotopic (exact) mass is 890 g/mol. The van der Waals surface area contributed by atoms with E-state index in [0.29, 0.717) is 0 Å². The van der Waals surface area contributed by atoms with Gasteiger partial charge in [-0.05, 0) is 169 Å². The molecule has 2 aliphatic carbocycles. The lowest BCUT2D eigenvalue weighted by Crippen LogP contribution is -2.61. The standard InChI is InChI=1S/C66H59BN2/c1-38-30-40(3)61(41(4)31-38)43-33-52-49-27-24-42-18-12-13-19-46(42)63(49)69(45-26-28-55-50(35-45)47-20-14-16-22-53(47)65(55,8)9)67-57-36-51-48-21-15-17-23-54(48)66(10,11)56(51)37-59(57)68(60(34-43)62(52)67)58-29-25-44(32-39(58)2)64(5,6)7/h12-37H,1-11H3. The number of nitrogens with zero attached hydrogens (tertiary/aromatic N) is 2. The highest BCUT2D eigenvalue weighted by molar-refractivity contribution is 6.94. The molecule has 9 aromatic carbocycles. The van der Waals surface area contributed by atoms with Crippen LogP contribution in [0.2, 0.25) is 0 Å². The Labute approximate surface area is 409 Å². The molecule has 0 N–H and O–H groups in total. The molecule has 0 radical (unpaired) electrons. The summed E-state index contributed by atoms with van der Waals surface area (Å²) in [5.74, 6) is 0. The summed E-state index contributed by atoms with van der Waals surface area (Å²) < 4.78 is 0. The van der Waals surface area contributed by atoms with Gasteiger partial charge in [0.2, 0.25) is 0 Å². The molecule has 0 bridgehead atoms. The van der Waals surface area contributed by atoms with Crippen LogP contribution >= 0.6 is 0 Å². The molecule has 0 saturated heterocycles. The SMILES string of the molecule is Cc1cc(C)c(-c2cc3c4c(c2)N(c2ccc(C(C)(C)C)cc2C)c2cc5c(cc2B4N(c2ccc4c(c2)-c2ccccc2C4(C)C)c2c-3ccc3ccccc23)-c2ccccc2C5(C)C)c(C)c1. The Hall–Kier alpha value is -7.10. The fraction of sp³-hybridized carbons (Fsp3) is 0.212. The molecular formula is C66H59BN2. The van der Waals surface area contributed by atoms with Crippen molar-refractivity contribution >= 4 is 57.0 Å². The quantitative estimate of drug-likeness (QED) is 0.163. The fourth-order valence-electron chi connectivity index (χ4n) is 13.5. The van der Waals surface area contributed by atoms with E-state index in [2.05, 4.69) is 244 Å². The number of aryl methyl sites for hydroxylation is 4. The number of benzene rings is 9. The molecule has 0 spiro atoms. The van der Waals surface area contributed by atoms with Crippen molar-refractivity contribution in [1.82, 2.24) is 0 Å². The van der Waals surface area contributed by atoms with Crippen molar-refractivity contribution in [2.45, 2.75) is 92.4 Å². The van der Waals surface area contributed by atoms with E-state index in [1.165, 1.54) is 145 Å². The maximum absolute atomic E-state index is 2.75. The van der Waals surface area contributed by atoms with E-state index in [1.54, 1.807) is 0 Å². The third-order valence-corrected chi connectivity index (χ3v) is 16.7. The third kappa shape index (κ3) is 5.80. The number of hydrogen-bond acceptors (Lipinski definition) is 2. The Morgan fingerprint density at radius 2 is 1.10 bits per heavy atom. The van der Waals surface area contributed by atoms with Gasteiger partial charge in [0, 0.05) is 50.2 Å². The zero-order chi connectivity index (χ0) is 47.6. The summed E-state index contributed by atoms with van der Waals surface area (Å²) in [5, 5.41) is 2.51. The van der Waals surface area contributed by atoms with E-state index in [-0.39, 0.29) is 23.1 Å². The lowest BCUT2D eigenvalue weighted by atomic mass is 9.43. The normalized spacial score (nSPS) is 15.3. The fourth-order valence-corrected chi connectivity index (χ4v) is 13.5. The van der Waals surface area contributed by atoms with E-state index >= 15 is 0 Å². The second-order valence-corrected chi connectivity index (χ2v) is 22.8. The van der Waals surface area contributed by atoms with Crippen LogP contribution in [0.1, 0.15) is 98.5 Å². The van der Waals surface area contributed by atoms with Crippen LogP contribution in [0.3, 0.4) is 0 Å². The van der Waals surface area contributed by atoms with Gasteiger partial charge < -0.3 is 9.71 Å². The molecule has 0 aromatic heterocycles. The first-order valence-electron chi connectivity index (χ1n) is 25.0. The summed E-state index contributed by atoms with van der Waals surface area (Å²) in [5.41, 5.74) is 31.2. The maximum atomic E-state index is 2.75. The van der Waals surface area contributed by atoms with Gasteiger partial charge in [0.25, 0.3) is 0 Å². The molecule has 69 heavy (non-hydrogen) atoms. The summed E-state index contributed by atoms with van der Waals surface area (Å²) in [4.78, 5) is 5.42. The highest BCUT2D eigenvalue weighted by atomic mass is 15.2. The van der Waals surface area contributed by atoms with Crippen LogP contribution in [0.15, 0.2) is 158 Å². The van der Waals surface area contributed by atoms with Gasteiger partial charge in [0.05, 0.1) is 0 Å². The van der Waals surface area contributed by atoms with Crippen LogP contribution in [0, 0.1) is 27.7 Å². The van der Waals surface area contributed by atoms with E-state index in [4.69, 9.17) is 0 Å². The molecule has 0 fully saturated rings. The Bertz CT molecular complexity index is 3710. The molecular weight excluding hydrogens is 832 g/mol. The summed E-state index contributed by atoms with van der Waals surface area (Å²) >= 11 is 0. The van der Waals surface area contributed by atoms with Gasteiger partial charge in [-0.1, -0.05) is 175 Å². The first-order valence-corrected chi connectivity index (χ1v) is 25.0. The van der Waals surface area contributed by atoms with Crippen molar-refractivity contribution < 1.29 is 0 Å². The minimum absolute atomic E-state index is 0.0168. The van der Waals surface area contributed by atoms with Crippen LogP contribution in [0.5, 0.6) is 0 Å². The number of anilines is 5. The van der Waals surface area contributed by atoms with Gasteiger partial charge in [0.15, 0.2) is 0 Å². The molecule has 0 amide bonds. The summed E-state index contributed by atoms with van der Waals surface area (Å²) in [6.45, 7) is 25.6. The molecule has 336 valence electrons. The summed E-state index contributed by atoms with van der Waals surface area (Å²) in [7, 11) is 0. The van der Waals surface area contributed by atoms with Crippen LogP contribution in [0.25, 0.3) is 55.3 Å². The van der Waals surface area contributed by atoms with Crippen LogP contribution in [-0.2, 0) is 16.2 Å². The zero-order valence-corrected chi connectivity index (χ0v) is 42.0. The van der Waals surface area contributed by atoms with Crippen molar-refractivity contribution in [3.05, 3.63) is 208 Å². The van der Waals surface area contributed by atoms with Gasteiger partial charge in [-0.25, -0.2) is 0 Å². The minimum Gasteiger partial charge on any atom is -0.376 e. The molecule has 0 saturated carbocycles. The molecule has 2 heterocycles. The average Bonchev–Trinajstić information content (AvgIpc) is 3.69. The maximum Gasteiger partial charge on any atom is 0.333 e. The zero-order valence-electron chi connectivity index (χ0n) is 42.0. The second-order valence-electron chi connectivity index (χ2n) is 22.8. The van der Waals surface area contributed by atoms with Gasteiger partial charge in [-0.3, -0.25) is 0 Å². The van der Waals surface area contributed by atoms with Gasteiger partial charge in [0.1, 0.15) is 0 Å². The first-order chi connectivity index (χ1) is 33.0. The van der Waals surface area contributed by atoms with Crippen molar-refractivity contribution in [1.29, 1.82) is 0 Å². The highest BCUT2D eigenvalue weighted by Gasteiger charge is 2.49. The van der Waals surface area contributed by atoms with E-state index in [9.17, 15) is 0 Å². The van der Waals surface area contributed by atoms with Crippen LogP contribution in [0.4, 0.5) is 28.4 Å². The van der Waals surface area contributed by atoms with Crippen molar-refractivity contribution in [3.8, 4) is 44.5 Å². The van der Waals surface area contributed by atoms with Crippen molar-refractivity contribution in [2.24, 2.45) is 0 Å². The van der Waals surface area contributed by atoms with Crippen molar-refractivity contribution in [2.75, 3.05) is 9.71 Å². The number of hydrogen-bond donors (Lipinski definition) is 0. The predicted molar refractivity (Wildman–Crippen MR) is 296 cm³/mol. The Kier molecular flexibility index (Phi) is 8.67. The number of rotatable bonds is 3.